The first-order valence-corrected chi connectivity index (χ1v) is 4.87. The molecular formula is C12H16F2O2. The molecule has 0 bridgehead atoms. The smallest absolute Gasteiger partial charge is 0.331 e. The van der Waals surface area contributed by atoms with Crippen LogP contribution in [0.1, 0.15) is 26.7 Å². The van der Waals surface area contributed by atoms with E-state index in [0.29, 0.717) is 5.57 Å². The molecule has 0 aromatic carbocycles. The number of aliphatic carboxylic acids is 1. The molecule has 0 atom stereocenters. The first-order chi connectivity index (χ1) is 7.26. The van der Waals surface area contributed by atoms with Gasteiger partial charge >= 0.3 is 5.97 Å². The van der Waals surface area contributed by atoms with Crippen LogP contribution in [0.4, 0.5) is 8.78 Å². The fourth-order valence-corrected chi connectivity index (χ4v) is 0.921. The van der Waals surface area contributed by atoms with Crippen LogP contribution in [0, 0.1) is 0 Å². The third-order valence-corrected chi connectivity index (χ3v) is 2.00. The van der Waals surface area contributed by atoms with E-state index in [-0.39, 0.29) is 18.4 Å². The number of rotatable bonds is 6. The minimum Gasteiger partial charge on any atom is -0.478 e. The Bertz CT molecular complexity index is 322. The summed E-state index contributed by atoms with van der Waals surface area (Å²) in [5.74, 6) is -3.74. The molecule has 0 aliphatic carbocycles. The zero-order valence-electron chi connectivity index (χ0n) is 9.46. The zero-order valence-corrected chi connectivity index (χ0v) is 9.46. The average molecular weight is 230 g/mol. The van der Waals surface area contributed by atoms with Gasteiger partial charge in [-0.1, -0.05) is 24.8 Å². The number of carboxylic acid groups (broad SMARTS) is 1. The van der Waals surface area contributed by atoms with Gasteiger partial charge in [0.15, 0.2) is 0 Å². The standard InChI is InChI=1S/C12H16F2O2/c1-4-10(7-8-12(3,13)14)6-5-9(2)11(15)16/h4-6H,1,7-8H2,2-3H3,(H,15,16)/b9-5+,10-6+. The molecule has 0 aromatic heterocycles. The molecule has 2 nitrogen and oxygen atoms in total. The molecule has 0 heterocycles. The van der Waals surface area contributed by atoms with Crippen molar-refractivity contribution in [1.82, 2.24) is 0 Å². The van der Waals surface area contributed by atoms with E-state index in [2.05, 4.69) is 6.58 Å². The van der Waals surface area contributed by atoms with Crippen molar-refractivity contribution in [2.24, 2.45) is 0 Å². The Balaban J connectivity index is 4.51. The predicted octanol–water partition coefficient (Wildman–Crippen LogP) is 3.57. The Morgan fingerprint density at radius 2 is 2.00 bits per heavy atom. The lowest BCUT2D eigenvalue weighted by molar-refractivity contribution is -0.132. The van der Waals surface area contributed by atoms with E-state index in [0.717, 1.165) is 6.92 Å². The monoisotopic (exact) mass is 230 g/mol. The number of carboxylic acids is 1. The molecule has 0 fully saturated rings. The molecule has 0 amide bonds. The predicted molar refractivity (Wildman–Crippen MR) is 59.5 cm³/mol. The molecule has 0 spiro atoms. The van der Waals surface area contributed by atoms with Crippen molar-refractivity contribution in [3.8, 4) is 0 Å². The van der Waals surface area contributed by atoms with Gasteiger partial charge in [-0.3, -0.25) is 0 Å². The molecule has 0 radical (unpaired) electrons. The van der Waals surface area contributed by atoms with E-state index in [9.17, 15) is 13.6 Å². The maximum atomic E-state index is 12.6. The maximum absolute atomic E-state index is 12.6. The number of alkyl halides is 2. The lowest BCUT2D eigenvalue weighted by Crippen LogP contribution is -2.08. The van der Waals surface area contributed by atoms with E-state index in [1.54, 1.807) is 0 Å². The largest absolute Gasteiger partial charge is 0.478 e. The second-order valence-electron chi connectivity index (χ2n) is 3.67. The van der Waals surface area contributed by atoms with Gasteiger partial charge in [-0.25, -0.2) is 13.6 Å². The number of halogens is 2. The van der Waals surface area contributed by atoms with Crippen molar-refractivity contribution >= 4 is 5.97 Å². The van der Waals surface area contributed by atoms with Crippen LogP contribution in [0.3, 0.4) is 0 Å². The number of allylic oxidation sites excluding steroid dienone is 4. The van der Waals surface area contributed by atoms with Crippen LogP contribution < -0.4 is 0 Å². The highest BCUT2D eigenvalue weighted by Crippen LogP contribution is 2.22. The maximum Gasteiger partial charge on any atom is 0.331 e. The Labute approximate surface area is 94.0 Å². The summed E-state index contributed by atoms with van der Waals surface area (Å²) < 4.78 is 25.2. The fourth-order valence-electron chi connectivity index (χ4n) is 0.921. The van der Waals surface area contributed by atoms with E-state index >= 15 is 0 Å². The first kappa shape index (κ1) is 14.6. The van der Waals surface area contributed by atoms with Gasteiger partial charge in [-0.15, -0.1) is 0 Å². The van der Waals surface area contributed by atoms with Crippen molar-refractivity contribution in [1.29, 1.82) is 0 Å². The molecule has 0 unspecified atom stereocenters. The molecule has 4 heteroatoms. The van der Waals surface area contributed by atoms with Crippen molar-refractivity contribution < 1.29 is 18.7 Å². The van der Waals surface area contributed by atoms with Crippen molar-refractivity contribution in [3.05, 3.63) is 36.0 Å². The summed E-state index contributed by atoms with van der Waals surface area (Å²) in [7, 11) is 0. The van der Waals surface area contributed by atoms with Gasteiger partial charge in [0.2, 0.25) is 5.92 Å². The van der Waals surface area contributed by atoms with Crippen LogP contribution in [0.2, 0.25) is 0 Å². The van der Waals surface area contributed by atoms with Gasteiger partial charge in [0.05, 0.1) is 0 Å². The molecule has 16 heavy (non-hydrogen) atoms. The third kappa shape index (κ3) is 6.92. The topological polar surface area (TPSA) is 37.3 Å². The van der Waals surface area contributed by atoms with Crippen molar-refractivity contribution in [2.75, 3.05) is 0 Å². The van der Waals surface area contributed by atoms with Crippen LogP contribution in [0.25, 0.3) is 0 Å². The second kappa shape index (κ2) is 6.20. The molecule has 0 rings (SSSR count). The minimum absolute atomic E-state index is 0.155. The zero-order chi connectivity index (χ0) is 12.8. The molecule has 1 N–H and O–H groups in total. The van der Waals surface area contributed by atoms with Gasteiger partial charge in [0, 0.05) is 12.0 Å². The molecule has 0 aliphatic heterocycles. The summed E-state index contributed by atoms with van der Waals surface area (Å²) >= 11 is 0. The lowest BCUT2D eigenvalue weighted by atomic mass is 10.1. The van der Waals surface area contributed by atoms with E-state index < -0.39 is 11.9 Å². The second-order valence-corrected chi connectivity index (χ2v) is 3.67. The molecule has 90 valence electrons. The van der Waals surface area contributed by atoms with Crippen molar-refractivity contribution in [3.63, 3.8) is 0 Å². The highest BCUT2D eigenvalue weighted by atomic mass is 19.3. The summed E-state index contributed by atoms with van der Waals surface area (Å²) in [6.07, 6.45) is 4.24. The first-order valence-electron chi connectivity index (χ1n) is 4.87. The van der Waals surface area contributed by atoms with Crippen LogP contribution >= 0.6 is 0 Å². The minimum atomic E-state index is -2.71. The molecule has 0 aromatic rings. The number of carbonyl (C=O) groups is 1. The van der Waals surface area contributed by atoms with Gasteiger partial charge in [0.25, 0.3) is 0 Å². The van der Waals surface area contributed by atoms with Crippen LogP contribution in [-0.2, 0) is 4.79 Å². The third-order valence-electron chi connectivity index (χ3n) is 2.00. The lowest BCUT2D eigenvalue weighted by Gasteiger charge is -2.09. The Kier molecular flexibility index (Phi) is 5.64. The van der Waals surface area contributed by atoms with Crippen LogP contribution in [0.5, 0.6) is 0 Å². The highest BCUT2D eigenvalue weighted by Gasteiger charge is 2.20. The van der Waals surface area contributed by atoms with Gasteiger partial charge in [-0.2, -0.15) is 0 Å². The van der Waals surface area contributed by atoms with Gasteiger partial charge in [-0.05, 0) is 25.8 Å². The summed E-state index contributed by atoms with van der Waals surface area (Å²) in [6.45, 7) is 5.79. The van der Waals surface area contributed by atoms with Crippen LogP contribution in [-0.4, -0.2) is 17.0 Å². The summed E-state index contributed by atoms with van der Waals surface area (Å²) in [5.41, 5.74) is 0.754. The van der Waals surface area contributed by atoms with E-state index in [4.69, 9.17) is 5.11 Å². The van der Waals surface area contributed by atoms with Crippen LogP contribution in [0.15, 0.2) is 36.0 Å². The average Bonchev–Trinajstić information content (AvgIpc) is 2.15. The fraction of sp³-hybridized carbons (Fsp3) is 0.417. The molecule has 0 aliphatic rings. The summed E-state index contributed by atoms with van der Waals surface area (Å²) in [6, 6.07) is 0. The number of hydrogen-bond donors (Lipinski definition) is 1. The Morgan fingerprint density at radius 3 is 2.38 bits per heavy atom. The molecular weight excluding hydrogens is 214 g/mol. The number of hydrogen-bond acceptors (Lipinski definition) is 1. The Hall–Kier alpha value is -1.45. The van der Waals surface area contributed by atoms with Gasteiger partial charge in [0.1, 0.15) is 0 Å². The molecule has 0 saturated heterocycles. The molecule has 0 saturated carbocycles. The van der Waals surface area contributed by atoms with E-state index in [1.807, 2.05) is 0 Å². The Morgan fingerprint density at radius 1 is 1.44 bits per heavy atom. The van der Waals surface area contributed by atoms with Gasteiger partial charge < -0.3 is 5.11 Å². The normalized spacial score (nSPS) is 13.8. The summed E-state index contributed by atoms with van der Waals surface area (Å²) in [5, 5.41) is 8.58. The van der Waals surface area contributed by atoms with E-state index in [1.165, 1.54) is 25.2 Å². The SMILES string of the molecule is C=C/C(=C\C=C(/C)C(=O)O)CCC(C)(F)F. The quantitative estimate of drug-likeness (QED) is 0.559. The van der Waals surface area contributed by atoms with Crippen molar-refractivity contribution in [2.45, 2.75) is 32.6 Å². The summed E-state index contributed by atoms with van der Waals surface area (Å²) in [4.78, 5) is 10.5. The highest BCUT2D eigenvalue weighted by molar-refractivity contribution is 5.86.